The summed E-state index contributed by atoms with van der Waals surface area (Å²) in [5.41, 5.74) is 3.97. The highest BCUT2D eigenvalue weighted by molar-refractivity contribution is 5.96. The molecule has 0 N–H and O–H groups in total. The zero-order valence-electron chi connectivity index (χ0n) is 16.1. The van der Waals surface area contributed by atoms with Crippen molar-refractivity contribution < 1.29 is 9.32 Å². The molecule has 2 aliphatic rings. The Kier molecular flexibility index (Phi) is 4.14. The number of hydrogen-bond donors (Lipinski definition) is 0. The Morgan fingerprint density at radius 3 is 2.73 bits per heavy atom. The van der Waals surface area contributed by atoms with E-state index in [-0.39, 0.29) is 17.4 Å². The van der Waals surface area contributed by atoms with E-state index in [1.807, 2.05) is 11.8 Å². The third kappa shape index (κ3) is 2.84. The third-order valence-electron chi connectivity index (χ3n) is 5.65. The van der Waals surface area contributed by atoms with Crippen LogP contribution in [0.4, 0.5) is 0 Å². The van der Waals surface area contributed by atoms with Crippen molar-refractivity contribution >= 4 is 5.91 Å². The Morgan fingerprint density at radius 2 is 1.96 bits per heavy atom. The summed E-state index contributed by atoms with van der Waals surface area (Å²) < 4.78 is 5.39. The van der Waals surface area contributed by atoms with Crippen LogP contribution < -0.4 is 0 Å². The molecule has 4 rings (SSSR count). The van der Waals surface area contributed by atoms with E-state index in [1.165, 1.54) is 11.1 Å². The standard InChI is InChI=1S/C21H27N3O2/c1-14-18(19(22-26-14)21(2,3)4)20(25)24-12-11-23-10-9-15-7-5-6-8-16(15)17(23)13-24/h5-8,17H,9-13H2,1-4H3. The van der Waals surface area contributed by atoms with Gasteiger partial charge in [-0.25, -0.2) is 0 Å². The first kappa shape index (κ1) is 17.3. The molecule has 0 saturated carbocycles. The number of benzene rings is 1. The highest BCUT2D eigenvalue weighted by Crippen LogP contribution is 2.34. The number of rotatable bonds is 1. The van der Waals surface area contributed by atoms with Crippen molar-refractivity contribution in [3.63, 3.8) is 0 Å². The molecular formula is C21H27N3O2. The maximum atomic E-state index is 13.3. The first-order chi connectivity index (χ1) is 12.4. The van der Waals surface area contributed by atoms with Gasteiger partial charge in [-0.1, -0.05) is 50.2 Å². The predicted octanol–water partition coefficient (Wildman–Crippen LogP) is 3.34. The number of nitrogens with zero attached hydrogens (tertiary/aromatic N) is 3. The van der Waals surface area contributed by atoms with E-state index < -0.39 is 0 Å². The Bertz CT molecular complexity index is 834. The number of carbonyl (C=O) groups is 1. The zero-order chi connectivity index (χ0) is 18.5. The number of piperazine rings is 1. The number of amides is 1. The number of carbonyl (C=O) groups excluding carboxylic acids is 1. The Hall–Kier alpha value is -2.14. The second-order valence-electron chi connectivity index (χ2n) is 8.46. The molecule has 0 spiro atoms. The van der Waals surface area contributed by atoms with Gasteiger partial charge in [-0.3, -0.25) is 9.69 Å². The van der Waals surface area contributed by atoms with E-state index in [0.717, 1.165) is 38.3 Å². The molecule has 26 heavy (non-hydrogen) atoms. The zero-order valence-corrected chi connectivity index (χ0v) is 16.1. The lowest BCUT2D eigenvalue weighted by atomic mass is 9.87. The van der Waals surface area contributed by atoms with E-state index in [0.29, 0.717) is 11.3 Å². The van der Waals surface area contributed by atoms with Crippen LogP contribution in [0, 0.1) is 6.92 Å². The molecule has 1 aromatic carbocycles. The average Bonchev–Trinajstić information content (AvgIpc) is 3.02. The van der Waals surface area contributed by atoms with Crippen molar-refractivity contribution in [2.45, 2.75) is 45.6 Å². The van der Waals surface area contributed by atoms with Gasteiger partial charge in [0, 0.05) is 31.6 Å². The van der Waals surface area contributed by atoms with Crippen LogP contribution in [0.2, 0.25) is 0 Å². The summed E-state index contributed by atoms with van der Waals surface area (Å²) in [7, 11) is 0. The molecule has 0 bridgehead atoms. The fraction of sp³-hybridized carbons (Fsp3) is 0.524. The first-order valence-electron chi connectivity index (χ1n) is 9.44. The number of hydrogen-bond acceptors (Lipinski definition) is 4. The SMILES string of the molecule is Cc1onc(C(C)(C)C)c1C(=O)N1CCN2CCc3ccccc3C2C1. The second kappa shape index (κ2) is 6.23. The van der Waals surface area contributed by atoms with Crippen LogP contribution in [0.1, 0.15) is 59.8 Å². The fourth-order valence-electron chi connectivity index (χ4n) is 4.21. The Labute approximate surface area is 155 Å². The largest absolute Gasteiger partial charge is 0.361 e. The lowest BCUT2D eigenvalue weighted by molar-refractivity contribution is 0.0450. The minimum Gasteiger partial charge on any atom is -0.361 e. The van der Waals surface area contributed by atoms with Gasteiger partial charge in [0.15, 0.2) is 0 Å². The van der Waals surface area contributed by atoms with E-state index in [9.17, 15) is 4.79 Å². The van der Waals surface area contributed by atoms with Gasteiger partial charge in [0.25, 0.3) is 5.91 Å². The molecule has 0 radical (unpaired) electrons. The molecule has 138 valence electrons. The lowest BCUT2D eigenvalue weighted by Gasteiger charge is -2.45. The molecule has 5 nitrogen and oxygen atoms in total. The van der Waals surface area contributed by atoms with Crippen molar-refractivity contribution in [3.8, 4) is 0 Å². The lowest BCUT2D eigenvalue weighted by Crippen LogP contribution is -2.52. The summed E-state index contributed by atoms with van der Waals surface area (Å²) in [5.74, 6) is 0.669. The van der Waals surface area contributed by atoms with Gasteiger partial charge < -0.3 is 9.42 Å². The quantitative estimate of drug-likeness (QED) is 0.789. The topological polar surface area (TPSA) is 49.6 Å². The Balaban J connectivity index is 1.63. The van der Waals surface area contributed by atoms with E-state index >= 15 is 0 Å². The van der Waals surface area contributed by atoms with Crippen molar-refractivity contribution in [1.82, 2.24) is 15.0 Å². The molecule has 2 aliphatic heterocycles. The molecule has 1 aromatic heterocycles. The van der Waals surface area contributed by atoms with Gasteiger partial charge in [-0.05, 0) is 24.5 Å². The van der Waals surface area contributed by atoms with Gasteiger partial charge in [0.2, 0.25) is 0 Å². The molecule has 1 unspecified atom stereocenters. The maximum Gasteiger partial charge on any atom is 0.259 e. The van der Waals surface area contributed by atoms with Gasteiger partial charge in [-0.2, -0.15) is 0 Å². The van der Waals surface area contributed by atoms with Crippen molar-refractivity contribution in [2.75, 3.05) is 26.2 Å². The molecule has 1 amide bonds. The highest BCUT2D eigenvalue weighted by atomic mass is 16.5. The summed E-state index contributed by atoms with van der Waals surface area (Å²) >= 11 is 0. The van der Waals surface area contributed by atoms with Crippen molar-refractivity contribution in [1.29, 1.82) is 0 Å². The monoisotopic (exact) mass is 353 g/mol. The van der Waals surface area contributed by atoms with Crippen LogP contribution in [0.5, 0.6) is 0 Å². The summed E-state index contributed by atoms with van der Waals surface area (Å²) in [4.78, 5) is 17.8. The maximum absolute atomic E-state index is 13.3. The van der Waals surface area contributed by atoms with Crippen LogP contribution in [0.25, 0.3) is 0 Å². The minimum atomic E-state index is -0.220. The summed E-state index contributed by atoms with van der Waals surface area (Å²) in [6.07, 6.45) is 1.10. The fourth-order valence-corrected chi connectivity index (χ4v) is 4.21. The van der Waals surface area contributed by atoms with Crippen LogP contribution in [-0.4, -0.2) is 47.0 Å². The smallest absolute Gasteiger partial charge is 0.259 e. The van der Waals surface area contributed by atoms with Crippen molar-refractivity contribution in [2.24, 2.45) is 0 Å². The van der Waals surface area contributed by atoms with Crippen molar-refractivity contribution in [3.05, 3.63) is 52.4 Å². The normalized spacial score (nSPS) is 20.6. The van der Waals surface area contributed by atoms with E-state index in [2.05, 4.69) is 55.1 Å². The molecule has 0 aliphatic carbocycles. The predicted molar refractivity (Wildman–Crippen MR) is 100 cm³/mol. The minimum absolute atomic E-state index is 0.0522. The summed E-state index contributed by atoms with van der Waals surface area (Å²) in [6, 6.07) is 8.93. The number of fused-ring (bicyclic) bond motifs is 3. The Morgan fingerprint density at radius 1 is 1.19 bits per heavy atom. The van der Waals surface area contributed by atoms with Crippen LogP contribution >= 0.6 is 0 Å². The van der Waals surface area contributed by atoms with E-state index in [1.54, 1.807) is 0 Å². The number of aromatic nitrogens is 1. The van der Waals surface area contributed by atoms with Gasteiger partial charge >= 0.3 is 0 Å². The van der Waals surface area contributed by atoms with Crippen LogP contribution in [0.3, 0.4) is 0 Å². The molecule has 5 heteroatoms. The van der Waals surface area contributed by atoms with Crippen LogP contribution in [-0.2, 0) is 11.8 Å². The van der Waals surface area contributed by atoms with Gasteiger partial charge in [0.1, 0.15) is 17.0 Å². The molecule has 2 aromatic rings. The van der Waals surface area contributed by atoms with Gasteiger partial charge in [0.05, 0.1) is 6.04 Å². The second-order valence-corrected chi connectivity index (χ2v) is 8.46. The molecule has 3 heterocycles. The molecule has 1 fully saturated rings. The highest BCUT2D eigenvalue weighted by Gasteiger charge is 2.37. The average molecular weight is 353 g/mol. The first-order valence-corrected chi connectivity index (χ1v) is 9.44. The summed E-state index contributed by atoms with van der Waals surface area (Å²) in [5, 5.41) is 4.19. The molecular weight excluding hydrogens is 326 g/mol. The van der Waals surface area contributed by atoms with E-state index in [4.69, 9.17) is 4.52 Å². The van der Waals surface area contributed by atoms with Crippen LogP contribution in [0.15, 0.2) is 28.8 Å². The molecule has 1 saturated heterocycles. The third-order valence-corrected chi connectivity index (χ3v) is 5.65. The summed E-state index contributed by atoms with van der Waals surface area (Å²) in [6.45, 7) is 11.5. The van der Waals surface area contributed by atoms with Gasteiger partial charge in [-0.15, -0.1) is 0 Å². The molecule has 1 atom stereocenters. The number of aryl methyl sites for hydroxylation is 1.